The van der Waals surface area contributed by atoms with Gasteiger partial charge in [0.1, 0.15) is 10.5 Å². The number of allylic oxidation sites excluding steroid dienone is 5. The molecule has 0 bridgehead atoms. The van der Waals surface area contributed by atoms with E-state index in [9.17, 15) is 27.6 Å². The van der Waals surface area contributed by atoms with E-state index in [4.69, 9.17) is 4.55 Å². The molecule has 0 radical (unpaired) electrons. The Labute approximate surface area is 279 Å². The first-order valence-corrected chi connectivity index (χ1v) is 16.9. The zero-order valence-corrected chi connectivity index (χ0v) is 27.7. The third-order valence-corrected chi connectivity index (χ3v) is 9.16. The third kappa shape index (κ3) is 6.71. The Hall–Kier alpha value is -5.33. The van der Waals surface area contributed by atoms with Crippen LogP contribution >= 0.6 is 0 Å². The van der Waals surface area contributed by atoms with Crippen LogP contribution in [-0.2, 0) is 29.9 Å². The van der Waals surface area contributed by atoms with Crippen molar-refractivity contribution < 1.29 is 32.1 Å². The molecule has 0 aliphatic carbocycles. The number of nitrogens with zero attached hydrogens (tertiary/aromatic N) is 3. The van der Waals surface area contributed by atoms with Crippen molar-refractivity contribution in [3.63, 3.8) is 0 Å². The number of barbiturate groups is 1. The summed E-state index contributed by atoms with van der Waals surface area (Å²) in [5.74, 6) is -1.57. The van der Waals surface area contributed by atoms with E-state index in [1.807, 2.05) is 24.8 Å². The molecule has 3 N–H and O–H groups in total. The highest BCUT2D eigenvalue weighted by atomic mass is 32.2. The summed E-state index contributed by atoms with van der Waals surface area (Å²) in [6.07, 6.45) is 7.42. The largest absolute Gasteiger partial charge is 0.409 e. The molecule has 12 heteroatoms. The Balaban J connectivity index is 1.51. The number of imide groups is 2. The fourth-order valence-electron chi connectivity index (χ4n) is 5.81. The van der Waals surface area contributed by atoms with Crippen LogP contribution in [-0.4, -0.2) is 49.8 Å². The van der Waals surface area contributed by atoms with Gasteiger partial charge in [0.05, 0.1) is 11.4 Å². The molecule has 0 saturated carbocycles. The van der Waals surface area contributed by atoms with Gasteiger partial charge in [-0.1, -0.05) is 69.3 Å². The topological polar surface area (TPSA) is 147 Å². The molecular formula is C36H37N4O7S+. The molecule has 3 aromatic carbocycles. The first-order chi connectivity index (χ1) is 22.9. The Kier molecular flexibility index (Phi) is 9.78. The lowest BCUT2D eigenvalue weighted by Gasteiger charge is -2.33. The Morgan fingerprint density at radius 3 is 1.96 bits per heavy atom. The lowest BCUT2D eigenvalue weighted by Crippen LogP contribution is -2.57. The predicted octanol–water partition coefficient (Wildman–Crippen LogP) is 4.68. The molecule has 0 atom stereocenters. The summed E-state index contributed by atoms with van der Waals surface area (Å²) in [4.78, 5) is 56.5. The van der Waals surface area contributed by atoms with Gasteiger partial charge in [0, 0.05) is 36.3 Å². The normalized spacial score (nSPS) is 17.0. The first-order valence-electron chi connectivity index (χ1n) is 15.5. The van der Waals surface area contributed by atoms with E-state index in [1.54, 1.807) is 85.8 Å². The van der Waals surface area contributed by atoms with Crippen molar-refractivity contribution in [2.45, 2.75) is 43.9 Å². The Morgan fingerprint density at radius 1 is 0.854 bits per heavy atom. The molecule has 48 heavy (non-hydrogen) atoms. The number of hydrogen-bond acceptors (Lipinski definition) is 7. The second-order valence-electron chi connectivity index (χ2n) is 11.8. The summed E-state index contributed by atoms with van der Waals surface area (Å²) in [5, 5.41) is 2.87. The number of benzene rings is 3. The quantitative estimate of drug-likeness (QED) is 0.143. The van der Waals surface area contributed by atoms with Crippen LogP contribution in [0.5, 0.6) is 0 Å². The van der Waals surface area contributed by atoms with Crippen LogP contribution in [0.4, 0.5) is 21.9 Å². The lowest BCUT2D eigenvalue weighted by atomic mass is 9.83. The maximum absolute atomic E-state index is 13.6. The Bertz CT molecular complexity index is 1890. The van der Waals surface area contributed by atoms with Crippen molar-refractivity contribution in [2.75, 3.05) is 27.8 Å². The average Bonchev–Trinajstić information content (AvgIpc) is 3.27. The standard InChI is InChI=1S/C36H36N4O7S/c1-4-32(41)37-22-13-23-38-30-21-20-27(48(45,46)47)24-29(30)36(2,3)31(38)19-12-11-18-28-33(42)39(25-14-7-5-8-15-25)35(44)40(34(28)43)26-16-9-6-10-17-26/h5-12,14-21,24H,4,13,22-23H2,1-3H3,(H,37,41)(H,45,46,47)/p+1/b12-11+,31-19+. The van der Waals surface area contributed by atoms with E-state index >= 15 is 0 Å². The smallest absolute Gasteiger partial charge is 0.356 e. The summed E-state index contributed by atoms with van der Waals surface area (Å²) in [7, 11) is -4.19. The third-order valence-electron chi connectivity index (χ3n) is 8.28. The van der Waals surface area contributed by atoms with Gasteiger partial charge < -0.3 is 14.8 Å². The molecule has 3 aromatic rings. The Morgan fingerprint density at radius 2 is 1.42 bits per heavy atom. The summed E-state index contributed by atoms with van der Waals surface area (Å²) < 4.78 is 31.7. The second-order valence-corrected chi connectivity index (χ2v) is 13.2. The average molecular weight is 670 g/mol. The number of carbonyl (C=O) groups excluding carboxylic acids is 4. The molecule has 1 fully saturated rings. The van der Waals surface area contributed by atoms with Crippen molar-refractivity contribution in [2.24, 2.45) is 0 Å². The minimum atomic E-state index is -4.19. The number of hydrogen-bond donors (Lipinski definition) is 1. The highest BCUT2D eigenvalue weighted by molar-refractivity contribution is 7.85. The SMILES string of the molecule is CCC(=O)NCCCN1/C(=C/C=C/C=C2C(=O)N(c3ccccc3)C(=O)N(c3ccccc3)C2=O)C(C)(C)c2cc(S(=O)(=O)[OH2+])ccc21. The van der Waals surface area contributed by atoms with Gasteiger partial charge in [0.25, 0.3) is 11.8 Å². The number of para-hydroxylation sites is 2. The van der Waals surface area contributed by atoms with E-state index in [2.05, 4.69) is 5.32 Å². The molecular weight excluding hydrogens is 632 g/mol. The van der Waals surface area contributed by atoms with Crippen LogP contribution in [0.2, 0.25) is 0 Å². The van der Waals surface area contributed by atoms with Crippen LogP contribution in [0.25, 0.3) is 0 Å². The molecule has 1 saturated heterocycles. The zero-order valence-electron chi connectivity index (χ0n) is 26.8. The summed E-state index contributed by atoms with van der Waals surface area (Å²) in [6.45, 7) is 6.62. The van der Waals surface area contributed by atoms with Gasteiger partial charge in [0.15, 0.2) is 0 Å². The number of urea groups is 1. The highest BCUT2D eigenvalue weighted by Gasteiger charge is 2.44. The number of amides is 5. The summed E-state index contributed by atoms with van der Waals surface area (Å²) in [6, 6.07) is 20.6. The van der Waals surface area contributed by atoms with Gasteiger partial charge in [-0.2, -0.15) is 0 Å². The van der Waals surface area contributed by atoms with Crippen molar-refractivity contribution in [1.82, 2.24) is 5.32 Å². The first kappa shape index (κ1) is 34.0. The number of fused-ring (bicyclic) bond motifs is 1. The molecule has 11 nitrogen and oxygen atoms in total. The van der Waals surface area contributed by atoms with E-state index in [0.29, 0.717) is 37.3 Å². The maximum atomic E-state index is 13.6. The monoisotopic (exact) mass is 669 g/mol. The molecule has 0 aromatic heterocycles. The number of carbonyl (C=O) groups is 4. The number of rotatable bonds is 10. The van der Waals surface area contributed by atoms with Crippen LogP contribution < -0.4 is 20.0 Å². The van der Waals surface area contributed by atoms with Crippen LogP contribution in [0.3, 0.4) is 0 Å². The maximum Gasteiger partial charge on any atom is 0.409 e. The second kappa shape index (κ2) is 13.8. The molecule has 2 aliphatic heterocycles. The highest BCUT2D eigenvalue weighted by Crippen LogP contribution is 2.48. The van der Waals surface area contributed by atoms with Crippen molar-refractivity contribution in [3.8, 4) is 0 Å². The van der Waals surface area contributed by atoms with E-state index < -0.39 is 33.4 Å². The molecule has 5 rings (SSSR count). The van der Waals surface area contributed by atoms with Gasteiger partial charge >= 0.3 is 16.1 Å². The van der Waals surface area contributed by atoms with E-state index in [1.165, 1.54) is 18.2 Å². The minimum absolute atomic E-state index is 0.0562. The molecule has 2 aliphatic rings. The number of nitrogens with one attached hydrogen (secondary N) is 1. The minimum Gasteiger partial charge on any atom is -0.356 e. The van der Waals surface area contributed by atoms with Gasteiger partial charge in [-0.15, -0.1) is 8.42 Å². The zero-order chi connectivity index (χ0) is 34.6. The van der Waals surface area contributed by atoms with E-state index in [0.717, 1.165) is 26.7 Å². The van der Waals surface area contributed by atoms with Gasteiger partial charge in [-0.05, 0) is 66.6 Å². The fraction of sp³-hybridized carbons (Fsp3) is 0.222. The summed E-state index contributed by atoms with van der Waals surface area (Å²) in [5.41, 5.74) is 2.06. The van der Waals surface area contributed by atoms with E-state index in [-0.39, 0.29) is 16.4 Å². The fourth-order valence-corrected chi connectivity index (χ4v) is 6.33. The lowest BCUT2D eigenvalue weighted by molar-refractivity contribution is -0.122. The molecule has 0 unspecified atom stereocenters. The van der Waals surface area contributed by atoms with Crippen LogP contribution in [0, 0.1) is 0 Å². The molecule has 248 valence electrons. The molecule has 2 heterocycles. The van der Waals surface area contributed by atoms with Gasteiger partial charge in [-0.25, -0.2) is 14.6 Å². The van der Waals surface area contributed by atoms with Gasteiger partial charge in [-0.3, -0.25) is 14.4 Å². The van der Waals surface area contributed by atoms with Crippen LogP contribution in [0.15, 0.2) is 119 Å². The molecule has 5 amide bonds. The van der Waals surface area contributed by atoms with Crippen molar-refractivity contribution in [1.29, 1.82) is 0 Å². The van der Waals surface area contributed by atoms with Crippen molar-refractivity contribution >= 4 is 50.9 Å². The summed E-state index contributed by atoms with van der Waals surface area (Å²) >= 11 is 0. The van der Waals surface area contributed by atoms with Crippen molar-refractivity contribution in [3.05, 3.63) is 120 Å². The predicted molar refractivity (Wildman–Crippen MR) is 184 cm³/mol. The molecule has 0 spiro atoms. The van der Waals surface area contributed by atoms with Gasteiger partial charge in [0.2, 0.25) is 5.91 Å². The number of anilines is 3. The van der Waals surface area contributed by atoms with Crippen LogP contribution in [0.1, 0.15) is 39.2 Å².